The SMILES string of the molecule is COc1ccc(CCCC(=O)N/N=C/c2ccc(OC)c(OC)c2)c(C)c1. The molecular formula is C21H26N2O4. The lowest BCUT2D eigenvalue weighted by Gasteiger charge is -2.08. The van der Waals surface area contributed by atoms with E-state index in [1.807, 2.05) is 31.2 Å². The van der Waals surface area contributed by atoms with Crippen LogP contribution in [-0.4, -0.2) is 33.5 Å². The number of carbonyl (C=O) groups is 1. The number of hydrogen-bond donors (Lipinski definition) is 1. The third-order valence-electron chi connectivity index (χ3n) is 4.21. The van der Waals surface area contributed by atoms with E-state index in [0.29, 0.717) is 17.9 Å². The van der Waals surface area contributed by atoms with Crippen molar-refractivity contribution in [2.45, 2.75) is 26.2 Å². The van der Waals surface area contributed by atoms with Crippen molar-refractivity contribution in [1.82, 2.24) is 5.43 Å². The highest BCUT2D eigenvalue weighted by molar-refractivity contribution is 5.83. The summed E-state index contributed by atoms with van der Waals surface area (Å²) in [5, 5.41) is 4.00. The fourth-order valence-corrected chi connectivity index (χ4v) is 2.68. The molecular weight excluding hydrogens is 344 g/mol. The van der Waals surface area contributed by atoms with Crippen molar-refractivity contribution in [2.24, 2.45) is 5.10 Å². The molecule has 0 saturated carbocycles. The highest BCUT2D eigenvalue weighted by Gasteiger charge is 2.05. The summed E-state index contributed by atoms with van der Waals surface area (Å²) >= 11 is 0. The van der Waals surface area contributed by atoms with E-state index in [1.54, 1.807) is 39.7 Å². The first-order valence-corrected chi connectivity index (χ1v) is 8.74. The lowest BCUT2D eigenvalue weighted by molar-refractivity contribution is -0.121. The first-order valence-electron chi connectivity index (χ1n) is 8.74. The van der Waals surface area contributed by atoms with E-state index in [-0.39, 0.29) is 5.91 Å². The molecule has 6 heteroatoms. The second kappa shape index (κ2) is 10.2. The molecule has 1 amide bonds. The summed E-state index contributed by atoms with van der Waals surface area (Å²) in [4.78, 5) is 11.9. The normalized spacial score (nSPS) is 10.7. The Hall–Kier alpha value is -3.02. The summed E-state index contributed by atoms with van der Waals surface area (Å²) in [6.45, 7) is 2.05. The number of rotatable bonds is 9. The van der Waals surface area contributed by atoms with Crippen molar-refractivity contribution < 1.29 is 19.0 Å². The fourth-order valence-electron chi connectivity index (χ4n) is 2.68. The summed E-state index contributed by atoms with van der Waals surface area (Å²) in [5.41, 5.74) is 5.75. The summed E-state index contributed by atoms with van der Waals surface area (Å²) < 4.78 is 15.6. The Balaban J connectivity index is 1.80. The maximum atomic E-state index is 11.9. The molecule has 2 rings (SSSR count). The van der Waals surface area contributed by atoms with Gasteiger partial charge in [0.2, 0.25) is 5.91 Å². The van der Waals surface area contributed by atoms with Crippen LogP contribution >= 0.6 is 0 Å². The van der Waals surface area contributed by atoms with Gasteiger partial charge in [-0.1, -0.05) is 6.07 Å². The maximum Gasteiger partial charge on any atom is 0.240 e. The van der Waals surface area contributed by atoms with E-state index in [9.17, 15) is 4.79 Å². The Labute approximate surface area is 160 Å². The Morgan fingerprint density at radius 2 is 1.81 bits per heavy atom. The number of hydrogen-bond acceptors (Lipinski definition) is 5. The molecule has 27 heavy (non-hydrogen) atoms. The van der Waals surface area contributed by atoms with Gasteiger partial charge in [0.1, 0.15) is 5.75 Å². The fraction of sp³-hybridized carbons (Fsp3) is 0.333. The largest absolute Gasteiger partial charge is 0.497 e. The second-order valence-electron chi connectivity index (χ2n) is 6.05. The zero-order valence-corrected chi connectivity index (χ0v) is 16.2. The average Bonchev–Trinajstić information content (AvgIpc) is 2.69. The molecule has 0 aliphatic carbocycles. The molecule has 2 aromatic rings. The van der Waals surface area contributed by atoms with Crippen LogP contribution in [0.3, 0.4) is 0 Å². The molecule has 0 radical (unpaired) electrons. The van der Waals surface area contributed by atoms with E-state index < -0.39 is 0 Å². The summed E-state index contributed by atoms with van der Waals surface area (Å²) in [5.74, 6) is 1.99. The number of nitrogens with one attached hydrogen (secondary N) is 1. The molecule has 2 aromatic carbocycles. The Bertz CT molecular complexity index is 803. The van der Waals surface area contributed by atoms with Crippen molar-refractivity contribution in [3.8, 4) is 17.2 Å². The number of hydrazone groups is 1. The van der Waals surface area contributed by atoms with Gasteiger partial charge in [0.25, 0.3) is 0 Å². The van der Waals surface area contributed by atoms with Crippen LogP contribution < -0.4 is 19.6 Å². The van der Waals surface area contributed by atoms with Gasteiger partial charge in [0.05, 0.1) is 27.5 Å². The smallest absolute Gasteiger partial charge is 0.240 e. The molecule has 1 N–H and O–H groups in total. The number of benzene rings is 2. The molecule has 0 fully saturated rings. The van der Waals surface area contributed by atoms with Crippen LogP contribution in [0.5, 0.6) is 17.2 Å². The van der Waals surface area contributed by atoms with Gasteiger partial charge >= 0.3 is 0 Å². The van der Waals surface area contributed by atoms with Gasteiger partial charge in [-0.3, -0.25) is 4.79 Å². The van der Waals surface area contributed by atoms with Crippen LogP contribution in [0.25, 0.3) is 0 Å². The van der Waals surface area contributed by atoms with Crippen LogP contribution in [0.1, 0.15) is 29.5 Å². The van der Waals surface area contributed by atoms with E-state index in [4.69, 9.17) is 14.2 Å². The van der Waals surface area contributed by atoms with Gasteiger partial charge < -0.3 is 14.2 Å². The molecule has 0 bridgehead atoms. The Morgan fingerprint density at radius 1 is 1.04 bits per heavy atom. The highest BCUT2D eigenvalue weighted by Crippen LogP contribution is 2.26. The molecule has 0 aliphatic heterocycles. The Kier molecular flexibility index (Phi) is 7.67. The third-order valence-corrected chi connectivity index (χ3v) is 4.21. The molecule has 0 atom stereocenters. The monoisotopic (exact) mass is 370 g/mol. The number of amides is 1. The number of nitrogens with zero attached hydrogens (tertiary/aromatic N) is 1. The van der Waals surface area contributed by atoms with Gasteiger partial charge in [0.15, 0.2) is 11.5 Å². The van der Waals surface area contributed by atoms with E-state index in [0.717, 1.165) is 24.2 Å². The predicted octanol–water partition coefficient (Wildman–Crippen LogP) is 3.49. The summed E-state index contributed by atoms with van der Waals surface area (Å²) in [7, 11) is 4.81. The number of ether oxygens (including phenoxy) is 3. The quantitative estimate of drug-likeness (QED) is 0.542. The van der Waals surface area contributed by atoms with Gasteiger partial charge in [-0.2, -0.15) is 5.10 Å². The number of carbonyl (C=O) groups excluding carboxylic acids is 1. The molecule has 0 spiro atoms. The number of methoxy groups -OCH3 is 3. The highest BCUT2D eigenvalue weighted by atomic mass is 16.5. The van der Waals surface area contributed by atoms with Crippen molar-refractivity contribution in [3.05, 3.63) is 53.1 Å². The van der Waals surface area contributed by atoms with Crippen molar-refractivity contribution in [1.29, 1.82) is 0 Å². The summed E-state index contributed by atoms with van der Waals surface area (Å²) in [6.07, 6.45) is 3.58. The van der Waals surface area contributed by atoms with Crippen molar-refractivity contribution >= 4 is 12.1 Å². The lowest BCUT2D eigenvalue weighted by Crippen LogP contribution is -2.17. The van der Waals surface area contributed by atoms with Crippen molar-refractivity contribution in [2.75, 3.05) is 21.3 Å². The second-order valence-corrected chi connectivity index (χ2v) is 6.05. The third kappa shape index (κ3) is 6.02. The molecule has 0 heterocycles. The molecule has 144 valence electrons. The zero-order valence-electron chi connectivity index (χ0n) is 16.2. The van der Waals surface area contributed by atoms with Gasteiger partial charge in [-0.25, -0.2) is 5.43 Å². The van der Waals surface area contributed by atoms with Gasteiger partial charge in [-0.15, -0.1) is 0 Å². The molecule has 0 unspecified atom stereocenters. The standard InChI is InChI=1S/C21H26N2O4/c1-15-12-18(25-2)10-9-17(15)6-5-7-21(24)23-22-14-16-8-11-19(26-3)20(13-16)27-4/h8-14H,5-7H2,1-4H3,(H,23,24)/b22-14+. The molecule has 6 nitrogen and oxygen atoms in total. The molecule has 0 aliphatic rings. The molecule has 0 aromatic heterocycles. The average molecular weight is 370 g/mol. The topological polar surface area (TPSA) is 69.2 Å². The van der Waals surface area contributed by atoms with E-state index in [1.165, 1.54) is 11.1 Å². The van der Waals surface area contributed by atoms with Gasteiger partial charge in [0, 0.05) is 6.42 Å². The Morgan fingerprint density at radius 3 is 2.48 bits per heavy atom. The first-order chi connectivity index (χ1) is 13.1. The zero-order chi connectivity index (χ0) is 19.6. The predicted molar refractivity (Wildman–Crippen MR) is 106 cm³/mol. The number of aryl methyl sites for hydroxylation is 2. The first kappa shape index (κ1) is 20.3. The van der Waals surface area contributed by atoms with Crippen LogP contribution in [0, 0.1) is 6.92 Å². The lowest BCUT2D eigenvalue weighted by atomic mass is 10.0. The van der Waals surface area contributed by atoms with Crippen LogP contribution in [-0.2, 0) is 11.2 Å². The molecule has 0 saturated heterocycles. The van der Waals surface area contributed by atoms with Crippen LogP contribution in [0.15, 0.2) is 41.5 Å². The maximum absolute atomic E-state index is 11.9. The van der Waals surface area contributed by atoms with Crippen LogP contribution in [0.2, 0.25) is 0 Å². The van der Waals surface area contributed by atoms with Crippen LogP contribution in [0.4, 0.5) is 0 Å². The minimum Gasteiger partial charge on any atom is -0.497 e. The minimum absolute atomic E-state index is 0.113. The minimum atomic E-state index is -0.113. The van der Waals surface area contributed by atoms with E-state index >= 15 is 0 Å². The van der Waals surface area contributed by atoms with Crippen molar-refractivity contribution in [3.63, 3.8) is 0 Å². The summed E-state index contributed by atoms with van der Waals surface area (Å²) in [6, 6.07) is 11.4. The van der Waals surface area contributed by atoms with Gasteiger partial charge in [-0.05, 0) is 66.8 Å². The van der Waals surface area contributed by atoms with E-state index in [2.05, 4.69) is 10.5 Å².